The van der Waals surface area contributed by atoms with Crippen molar-refractivity contribution in [3.8, 4) is 0 Å². The van der Waals surface area contributed by atoms with E-state index in [4.69, 9.17) is 11.6 Å². The van der Waals surface area contributed by atoms with E-state index in [1.165, 1.54) is 10.9 Å². The number of rotatable bonds is 2. The van der Waals surface area contributed by atoms with E-state index in [1.54, 1.807) is 0 Å². The molecule has 0 amide bonds. The van der Waals surface area contributed by atoms with Gasteiger partial charge in [0.2, 0.25) is 0 Å². The van der Waals surface area contributed by atoms with Crippen LogP contribution in [-0.2, 0) is 5.88 Å². The fourth-order valence-corrected chi connectivity index (χ4v) is 1.77. The molecule has 0 aliphatic carbocycles. The Bertz CT molecular complexity index is 477. The van der Waals surface area contributed by atoms with Crippen LogP contribution in [0.15, 0.2) is 30.3 Å². The highest BCUT2D eigenvalue weighted by Gasteiger charge is 2.02. The van der Waals surface area contributed by atoms with Crippen LogP contribution in [0.4, 0.5) is 0 Å². The quantitative estimate of drug-likeness (QED) is 0.694. The van der Waals surface area contributed by atoms with Crippen LogP contribution in [0.3, 0.4) is 0 Å². The Labute approximate surface area is 95.1 Å². The topological polar surface area (TPSA) is 12.9 Å². The molecule has 1 aromatic heterocycles. The van der Waals surface area contributed by atoms with E-state index in [2.05, 4.69) is 43.1 Å². The van der Waals surface area contributed by atoms with E-state index in [0.29, 0.717) is 11.8 Å². The van der Waals surface area contributed by atoms with Crippen molar-refractivity contribution in [2.24, 2.45) is 0 Å². The third-order valence-electron chi connectivity index (χ3n) is 2.57. The van der Waals surface area contributed by atoms with Crippen molar-refractivity contribution in [1.29, 1.82) is 0 Å². The number of hydrogen-bond acceptors (Lipinski definition) is 1. The highest BCUT2D eigenvalue weighted by molar-refractivity contribution is 6.16. The minimum absolute atomic E-state index is 0.474. The first-order valence-corrected chi connectivity index (χ1v) is 5.69. The summed E-state index contributed by atoms with van der Waals surface area (Å²) in [4.78, 5) is 4.46. The van der Waals surface area contributed by atoms with Gasteiger partial charge >= 0.3 is 0 Å². The Hall–Kier alpha value is -1.08. The van der Waals surface area contributed by atoms with Gasteiger partial charge in [0.05, 0.1) is 17.1 Å². The summed E-state index contributed by atoms with van der Waals surface area (Å²) in [6, 6.07) is 10.5. The molecule has 0 radical (unpaired) electrons. The maximum atomic E-state index is 5.75. The number of fused-ring (bicyclic) bond motifs is 1. The third-order valence-corrected chi connectivity index (χ3v) is 2.85. The van der Waals surface area contributed by atoms with Crippen LogP contribution in [0.25, 0.3) is 10.9 Å². The number of alkyl halides is 1. The zero-order chi connectivity index (χ0) is 10.8. The molecule has 0 fully saturated rings. The molecular weight excluding hydrogens is 206 g/mol. The minimum atomic E-state index is 0.474. The Morgan fingerprint density at radius 1 is 1.20 bits per heavy atom. The maximum Gasteiger partial charge on any atom is 0.0706 e. The number of halogens is 1. The second-order valence-electron chi connectivity index (χ2n) is 4.04. The SMILES string of the molecule is CC(C)c1ccc2nc(CCl)ccc2c1. The van der Waals surface area contributed by atoms with Crippen LogP contribution in [-0.4, -0.2) is 4.98 Å². The number of aromatic nitrogens is 1. The summed E-state index contributed by atoms with van der Waals surface area (Å²) in [7, 11) is 0. The highest BCUT2D eigenvalue weighted by Crippen LogP contribution is 2.20. The van der Waals surface area contributed by atoms with Crippen LogP contribution >= 0.6 is 11.6 Å². The van der Waals surface area contributed by atoms with E-state index in [9.17, 15) is 0 Å². The predicted octanol–water partition coefficient (Wildman–Crippen LogP) is 4.10. The van der Waals surface area contributed by atoms with Crippen LogP contribution in [0.5, 0.6) is 0 Å². The smallest absolute Gasteiger partial charge is 0.0706 e. The molecule has 0 saturated carbocycles. The van der Waals surface area contributed by atoms with Gasteiger partial charge in [-0.1, -0.05) is 26.0 Å². The lowest BCUT2D eigenvalue weighted by Crippen LogP contribution is -1.90. The minimum Gasteiger partial charge on any atom is -0.252 e. The molecule has 78 valence electrons. The molecule has 2 rings (SSSR count). The molecule has 2 aromatic rings. The zero-order valence-electron chi connectivity index (χ0n) is 9.00. The molecule has 0 N–H and O–H groups in total. The van der Waals surface area contributed by atoms with Gasteiger partial charge in [0, 0.05) is 5.39 Å². The molecule has 0 aliphatic heterocycles. The van der Waals surface area contributed by atoms with E-state index < -0.39 is 0 Å². The van der Waals surface area contributed by atoms with E-state index in [0.717, 1.165) is 11.2 Å². The van der Waals surface area contributed by atoms with Gasteiger partial charge in [0.25, 0.3) is 0 Å². The lowest BCUT2D eigenvalue weighted by atomic mass is 10.0. The lowest BCUT2D eigenvalue weighted by molar-refractivity contribution is 0.868. The monoisotopic (exact) mass is 219 g/mol. The molecule has 0 bridgehead atoms. The molecule has 15 heavy (non-hydrogen) atoms. The summed E-state index contributed by atoms with van der Waals surface area (Å²) in [6.07, 6.45) is 0. The van der Waals surface area contributed by atoms with Crippen LogP contribution < -0.4 is 0 Å². The number of pyridine rings is 1. The number of hydrogen-bond donors (Lipinski definition) is 0. The molecule has 0 spiro atoms. The van der Waals surface area contributed by atoms with Crippen molar-refractivity contribution in [3.63, 3.8) is 0 Å². The summed E-state index contributed by atoms with van der Waals surface area (Å²) in [5.74, 6) is 1.03. The predicted molar refractivity (Wildman–Crippen MR) is 65.4 cm³/mol. The van der Waals surface area contributed by atoms with Crippen molar-refractivity contribution in [2.75, 3.05) is 0 Å². The summed E-state index contributed by atoms with van der Waals surface area (Å²) in [6.45, 7) is 4.39. The first-order chi connectivity index (χ1) is 7.20. The lowest BCUT2D eigenvalue weighted by Gasteiger charge is -2.06. The van der Waals surface area contributed by atoms with Gasteiger partial charge in [0.1, 0.15) is 0 Å². The molecule has 0 unspecified atom stereocenters. The van der Waals surface area contributed by atoms with Crippen molar-refractivity contribution in [2.45, 2.75) is 25.6 Å². The molecule has 0 aliphatic rings. The largest absolute Gasteiger partial charge is 0.252 e. The van der Waals surface area contributed by atoms with E-state index in [-0.39, 0.29) is 0 Å². The molecule has 1 aromatic carbocycles. The average Bonchev–Trinajstić information content (AvgIpc) is 2.27. The van der Waals surface area contributed by atoms with Crippen molar-refractivity contribution < 1.29 is 0 Å². The van der Waals surface area contributed by atoms with Gasteiger partial charge in [-0.2, -0.15) is 0 Å². The summed E-state index contributed by atoms with van der Waals surface area (Å²) < 4.78 is 0. The molecule has 1 heterocycles. The van der Waals surface area contributed by atoms with Crippen molar-refractivity contribution in [1.82, 2.24) is 4.98 Å². The van der Waals surface area contributed by atoms with E-state index >= 15 is 0 Å². The van der Waals surface area contributed by atoms with Gasteiger partial charge in [-0.3, -0.25) is 4.98 Å². The highest BCUT2D eigenvalue weighted by atomic mass is 35.5. The van der Waals surface area contributed by atoms with Crippen LogP contribution in [0, 0.1) is 0 Å². The van der Waals surface area contributed by atoms with E-state index in [1.807, 2.05) is 6.07 Å². The Morgan fingerprint density at radius 3 is 2.67 bits per heavy atom. The van der Waals surface area contributed by atoms with Crippen LogP contribution in [0.1, 0.15) is 31.0 Å². The third kappa shape index (κ3) is 2.13. The summed E-state index contributed by atoms with van der Waals surface area (Å²) >= 11 is 5.75. The van der Waals surface area contributed by atoms with Crippen molar-refractivity contribution in [3.05, 3.63) is 41.6 Å². The summed E-state index contributed by atoms with van der Waals surface area (Å²) in [5, 5.41) is 1.19. The van der Waals surface area contributed by atoms with Crippen LogP contribution in [0.2, 0.25) is 0 Å². The van der Waals surface area contributed by atoms with Gasteiger partial charge < -0.3 is 0 Å². The first kappa shape index (κ1) is 10.4. The fourth-order valence-electron chi connectivity index (χ4n) is 1.62. The van der Waals surface area contributed by atoms with Gasteiger partial charge in [-0.15, -0.1) is 11.6 Å². The first-order valence-electron chi connectivity index (χ1n) is 5.16. The average molecular weight is 220 g/mol. The molecule has 1 nitrogen and oxygen atoms in total. The Kier molecular flexibility index (Phi) is 2.92. The Morgan fingerprint density at radius 2 is 2.00 bits per heavy atom. The maximum absolute atomic E-state index is 5.75. The fraction of sp³-hybridized carbons (Fsp3) is 0.308. The Balaban J connectivity index is 2.55. The molecule has 2 heteroatoms. The van der Waals surface area contributed by atoms with Gasteiger partial charge in [-0.05, 0) is 29.7 Å². The van der Waals surface area contributed by atoms with Gasteiger partial charge in [-0.25, -0.2) is 0 Å². The number of benzene rings is 1. The molecular formula is C13H14ClN. The zero-order valence-corrected chi connectivity index (χ0v) is 9.75. The summed E-state index contributed by atoms with van der Waals surface area (Å²) in [5.41, 5.74) is 3.31. The van der Waals surface area contributed by atoms with Gasteiger partial charge in [0.15, 0.2) is 0 Å². The second kappa shape index (κ2) is 4.19. The second-order valence-corrected chi connectivity index (χ2v) is 4.31. The van der Waals surface area contributed by atoms with Crippen molar-refractivity contribution >= 4 is 22.5 Å². The standard InChI is InChI=1S/C13H14ClN/c1-9(2)10-4-6-13-11(7-10)3-5-12(8-14)15-13/h3-7,9H,8H2,1-2H3. The number of nitrogens with zero attached hydrogens (tertiary/aromatic N) is 1. The normalized spacial score (nSPS) is 11.2. The molecule has 0 atom stereocenters. The molecule has 0 saturated heterocycles.